The van der Waals surface area contributed by atoms with Gasteiger partial charge in [-0.1, -0.05) is 0 Å². The number of sulfonamides is 1. The summed E-state index contributed by atoms with van der Waals surface area (Å²) in [5, 5.41) is 10.4. The van der Waals surface area contributed by atoms with Gasteiger partial charge in [-0.15, -0.1) is 0 Å². The number of nitrogens with one attached hydrogen (secondary N) is 2. The molecule has 0 aliphatic rings. The van der Waals surface area contributed by atoms with Crippen LogP contribution in [0.3, 0.4) is 0 Å². The van der Waals surface area contributed by atoms with Gasteiger partial charge in [0.15, 0.2) is 0 Å². The minimum Gasteiger partial charge on any atom is -0.382 e. The van der Waals surface area contributed by atoms with E-state index in [1.807, 2.05) is 20.8 Å². The van der Waals surface area contributed by atoms with E-state index in [4.69, 9.17) is 5.14 Å². The summed E-state index contributed by atoms with van der Waals surface area (Å²) in [6.07, 6.45) is 0.174. The zero-order valence-electron chi connectivity index (χ0n) is 12.2. The van der Waals surface area contributed by atoms with Crippen LogP contribution in [0.15, 0.2) is 23.1 Å². The molecule has 1 aromatic rings. The third-order valence-corrected chi connectivity index (χ3v) is 3.36. The van der Waals surface area contributed by atoms with Crippen LogP contribution in [0.5, 0.6) is 0 Å². The van der Waals surface area contributed by atoms with Crippen LogP contribution in [0.1, 0.15) is 27.2 Å². The van der Waals surface area contributed by atoms with E-state index in [2.05, 4.69) is 10.6 Å². The van der Waals surface area contributed by atoms with Crippen molar-refractivity contribution in [3.63, 3.8) is 0 Å². The molecule has 4 N–H and O–H groups in total. The number of primary sulfonamides is 1. The summed E-state index contributed by atoms with van der Waals surface area (Å²) in [6.45, 7) is 5.82. The number of hydrogen-bond acceptors (Lipinski definition) is 4. The summed E-state index contributed by atoms with van der Waals surface area (Å²) < 4.78 is 35.8. The van der Waals surface area contributed by atoms with E-state index in [-0.39, 0.29) is 35.0 Å². The van der Waals surface area contributed by atoms with E-state index in [0.29, 0.717) is 0 Å². The number of rotatable bonds is 5. The van der Waals surface area contributed by atoms with Crippen LogP contribution in [0, 0.1) is 5.82 Å². The lowest BCUT2D eigenvalue weighted by atomic mass is 10.1. The highest BCUT2D eigenvalue weighted by Gasteiger charge is 2.14. The molecular weight excluding hydrogens is 297 g/mol. The van der Waals surface area contributed by atoms with Gasteiger partial charge in [0.1, 0.15) is 5.82 Å². The molecule has 0 saturated carbocycles. The molecule has 0 aliphatic carbocycles. The summed E-state index contributed by atoms with van der Waals surface area (Å²) >= 11 is 0. The molecule has 0 bridgehead atoms. The molecule has 0 atom stereocenters. The van der Waals surface area contributed by atoms with Crippen molar-refractivity contribution in [3.05, 3.63) is 24.0 Å². The topological polar surface area (TPSA) is 101 Å². The third-order valence-electron chi connectivity index (χ3n) is 2.45. The van der Waals surface area contributed by atoms with Crippen LogP contribution in [0.4, 0.5) is 10.1 Å². The van der Waals surface area contributed by atoms with Crippen molar-refractivity contribution < 1.29 is 17.6 Å². The lowest BCUT2D eigenvalue weighted by Gasteiger charge is -2.20. The second-order valence-corrected chi connectivity index (χ2v) is 7.22. The van der Waals surface area contributed by atoms with E-state index in [1.165, 1.54) is 12.1 Å². The van der Waals surface area contributed by atoms with Crippen LogP contribution in [-0.4, -0.2) is 26.4 Å². The maximum absolute atomic E-state index is 13.7. The Morgan fingerprint density at radius 2 is 1.95 bits per heavy atom. The molecule has 1 rings (SSSR count). The standard InChI is InChI=1S/C13H20FN3O3S/c1-13(2,3)17-12(18)6-7-16-11-5-4-9(8-10(11)14)21(15,19)20/h4-5,8,16H,6-7H2,1-3H3,(H,17,18)(H2,15,19,20). The number of nitrogens with two attached hydrogens (primary N) is 1. The lowest BCUT2D eigenvalue weighted by Crippen LogP contribution is -2.41. The maximum Gasteiger partial charge on any atom is 0.238 e. The third kappa shape index (κ3) is 6.09. The van der Waals surface area contributed by atoms with Gasteiger partial charge in [0.05, 0.1) is 10.6 Å². The number of carbonyl (C=O) groups is 1. The van der Waals surface area contributed by atoms with Crippen molar-refractivity contribution in [1.29, 1.82) is 0 Å². The minimum atomic E-state index is -3.93. The Balaban J connectivity index is 2.59. The number of halogens is 1. The molecule has 0 saturated heterocycles. The molecule has 8 heteroatoms. The van der Waals surface area contributed by atoms with Crippen LogP contribution in [-0.2, 0) is 14.8 Å². The molecule has 6 nitrogen and oxygen atoms in total. The zero-order valence-corrected chi connectivity index (χ0v) is 13.1. The summed E-state index contributed by atoms with van der Waals surface area (Å²) in [4.78, 5) is 11.3. The SMILES string of the molecule is CC(C)(C)NC(=O)CCNc1ccc(S(N)(=O)=O)cc1F. The smallest absolute Gasteiger partial charge is 0.238 e. The monoisotopic (exact) mass is 317 g/mol. The molecule has 1 aromatic carbocycles. The lowest BCUT2D eigenvalue weighted by molar-refractivity contribution is -0.122. The molecule has 118 valence electrons. The normalized spacial score (nSPS) is 12.0. The predicted molar refractivity (Wildman–Crippen MR) is 78.8 cm³/mol. The largest absolute Gasteiger partial charge is 0.382 e. The Hall–Kier alpha value is -1.67. The first kappa shape index (κ1) is 17.4. The Kier molecular flexibility index (Phi) is 5.30. The number of amides is 1. The van der Waals surface area contributed by atoms with Crippen molar-refractivity contribution in [2.75, 3.05) is 11.9 Å². The van der Waals surface area contributed by atoms with Gasteiger partial charge in [0, 0.05) is 18.5 Å². The predicted octanol–water partition coefficient (Wildman–Crippen LogP) is 1.19. The molecule has 0 spiro atoms. The average Bonchev–Trinajstić information content (AvgIpc) is 2.27. The van der Waals surface area contributed by atoms with E-state index in [0.717, 1.165) is 6.07 Å². The van der Waals surface area contributed by atoms with Crippen LogP contribution >= 0.6 is 0 Å². The molecule has 0 aromatic heterocycles. The van der Waals surface area contributed by atoms with E-state index in [1.54, 1.807) is 0 Å². The first-order valence-corrected chi connectivity index (χ1v) is 7.91. The first-order valence-electron chi connectivity index (χ1n) is 6.36. The van der Waals surface area contributed by atoms with Crippen LogP contribution in [0.25, 0.3) is 0 Å². The van der Waals surface area contributed by atoms with Crippen molar-refractivity contribution >= 4 is 21.6 Å². The van der Waals surface area contributed by atoms with Gasteiger partial charge in [-0.3, -0.25) is 4.79 Å². The van der Waals surface area contributed by atoms with Crippen LogP contribution in [0.2, 0.25) is 0 Å². The summed E-state index contributed by atoms with van der Waals surface area (Å²) in [5.74, 6) is -0.894. The van der Waals surface area contributed by atoms with Crippen molar-refractivity contribution in [2.45, 2.75) is 37.6 Å². The van der Waals surface area contributed by atoms with Gasteiger partial charge in [0.25, 0.3) is 0 Å². The Bertz CT molecular complexity index is 624. The maximum atomic E-state index is 13.7. The second kappa shape index (κ2) is 6.40. The zero-order chi connectivity index (χ0) is 16.3. The molecule has 0 unspecified atom stereocenters. The molecule has 1 amide bonds. The van der Waals surface area contributed by atoms with Crippen molar-refractivity contribution in [2.24, 2.45) is 5.14 Å². The molecule has 0 heterocycles. The highest BCUT2D eigenvalue weighted by Crippen LogP contribution is 2.18. The number of benzene rings is 1. The Morgan fingerprint density at radius 1 is 1.33 bits per heavy atom. The molecule has 0 fully saturated rings. The second-order valence-electron chi connectivity index (χ2n) is 5.66. The fourth-order valence-corrected chi connectivity index (χ4v) is 2.13. The van der Waals surface area contributed by atoms with Gasteiger partial charge in [0.2, 0.25) is 15.9 Å². The Morgan fingerprint density at radius 3 is 2.43 bits per heavy atom. The van der Waals surface area contributed by atoms with Gasteiger partial charge in [-0.25, -0.2) is 17.9 Å². The van der Waals surface area contributed by atoms with E-state index < -0.39 is 15.8 Å². The quantitative estimate of drug-likeness (QED) is 0.759. The molecule has 21 heavy (non-hydrogen) atoms. The fourth-order valence-electron chi connectivity index (χ4n) is 1.61. The van der Waals surface area contributed by atoms with Crippen molar-refractivity contribution in [3.8, 4) is 0 Å². The molecular formula is C13H20FN3O3S. The van der Waals surface area contributed by atoms with Gasteiger partial charge < -0.3 is 10.6 Å². The van der Waals surface area contributed by atoms with Crippen molar-refractivity contribution in [1.82, 2.24) is 5.32 Å². The highest BCUT2D eigenvalue weighted by molar-refractivity contribution is 7.89. The van der Waals surface area contributed by atoms with E-state index >= 15 is 0 Å². The average molecular weight is 317 g/mol. The molecule has 0 aliphatic heterocycles. The van der Waals surface area contributed by atoms with Gasteiger partial charge in [-0.05, 0) is 39.0 Å². The minimum absolute atomic E-state index is 0.117. The van der Waals surface area contributed by atoms with Crippen LogP contribution < -0.4 is 15.8 Å². The summed E-state index contributed by atoms with van der Waals surface area (Å²) in [7, 11) is -3.93. The number of anilines is 1. The summed E-state index contributed by atoms with van der Waals surface area (Å²) in [6, 6.07) is 3.32. The number of hydrogen-bond donors (Lipinski definition) is 3. The first-order chi connectivity index (χ1) is 9.49. The fraction of sp³-hybridized carbons (Fsp3) is 0.462. The highest BCUT2D eigenvalue weighted by atomic mass is 32.2. The van der Waals surface area contributed by atoms with Gasteiger partial charge >= 0.3 is 0 Å². The van der Waals surface area contributed by atoms with Gasteiger partial charge in [-0.2, -0.15) is 0 Å². The van der Waals surface area contributed by atoms with E-state index in [9.17, 15) is 17.6 Å². The summed E-state index contributed by atoms with van der Waals surface area (Å²) in [5.41, 5.74) is -0.203. The molecule has 0 radical (unpaired) electrons. The Labute approximate surface area is 124 Å². The number of carbonyl (C=O) groups excluding carboxylic acids is 1.